The predicted octanol–water partition coefficient (Wildman–Crippen LogP) is -0.673. The lowest BCUT2D eigenvalue weighted by Gasteiger charge is -2.28. The maximum absolute atomic E-state index is 11.6. The molecule has 4 N–H and O–H groups in total. The highest BCUT2D eigenvalue weighted by atomic mass is 32.2. The van der Waals surface area contributed by atoms with Crippen LogP contribution >= 0.6 is 0 Å². The van der Waals surface area contributed by atoms with E-state index in [4.69, 9.17) is 10.5 Å². The second-order valence-corrected chi connectivity index (χ2v) is 5.59. The SMILES string of the molecule is COCCNS(=O)(=O)N[C@@H]1CCCC[C@H]1N. The molecule has 7 heteroatoms. The molecule has 6 nitrogen and oxygen atoms in total. The van der Waals surface area contributed by atoms with Crippen LogP contribution in [0.1, 0.15) is 25.7 Å². The fourth-order valence-corrected chi connectivity index (χ4v) is 2.95. The number of ether oxygens (including phenoxy) is 1. The maximum atomic E-state index is 11.6. The monoisotopic (exact) mass is 251 g/mol. The molecule has 0 radical (unpaired) electrons. The maximum Gasteiger partial charge on any atom is 0.277 e. The Kier molecular flexibility index (Phi) is 5.63. The third kappa shape index (κ3) is 4.75. The fraction of sp³-hybridized carbons (Fsp3) is 1.00. The fourth-order valence-electron chi connectivity index (χ4n) is 1.82. The zero-order valence-corrected chi connectivity index (χ0v) is 10.4. The van der Waals surface area contributed by atoms with Crippen LogP contribution in [-0.4, -0.2) is 40.8 Å². The second kappa shape index (κ2) is 6.51. The summed E-state index contributed by atoms with van der Waals surface area (Å²) in [6.07, 6.45) is 3.80. The number of nitrogens with two attached hydrogens (primary N) is 1. The molecule has 96 valence electrons. The minimum Gasteiger partial charge on any atom is -0.383 e. The standard InChI is InChI=1S/C9H21N3O3S/c1-15-7-6-11-16(13,14)12-9-5-3-2-4-8(9)10/h8-9,11-12H,2-7,10H2,1H3/t8-,9-/m1/s1. The number of hydrogen-bond acceptors (Lipinski definition) is 4. The smallest absolute Gasteiger partial charge is 0.277 e. The molecule has 1 aliphatic rings. The van der Waals surface area contributed by atoms with Crippen LogP contribution < -0.4 is 15.2 Å². The zero-order valence-electron chi connectivity index (χ0n) is 9.61. The number of methoxy groups -OCH3 is 1. The van der Waals surface area contributed by atoms with Crippen molar-refractivity contribution in [1.82, 2.24) is 9.44 Å². The van der Waals surface area contributed by atoms with Gasteiger partial charge in [0.15, 0.2) is 0 Å². The lowest BCUT2D eigenvalue weighted by Crippen LogP contribution is -2.52. The first-order valence-electron chi connectivity index (χ1n) is 5.56. The van der Waals surface area contributed by atoms with Crippen molar-refractivity contribution in [2.24, 2.45) is 5.73 Å². The van der Waals surface area contributed by atoms with Crippen molar-refractivity contribution < 1.29 is 13.2 Å². The molecular weight excluding hydrogens is 230 g/mol. The lowest BCUT2D eigenvalue weighted by atomic mass is 9.92. The van der Waals surface area contributed by atoms with Gasteiger partial charge in [0.25, 0.3) is 10.2 Å². The quantitative estimate of drug-likeness (QED) is 0.546. The van der Waals surface area contributed by atoms with Gasteiger partial charge in [-0.3, -0.25) is 0 Å². The van der Waals surface area contributed by atoms with Crippen molar-refractivity contribution >= 4 is 10.2 Å². The minimum absolute atomic E-state index is 0.0762. The molecule has 0 aliphatic heterocycles. The Labute approximate surface area is 97.1 Å². The Bertz CT molecular complexity index is 294. The molecule has 0 unspecified atom stereocenters. The minimum atomic E-state index is -3.45. The summed E-state index contributed by atoms with van der Waals surface area (Å²) in [4.78, 5) is 0. The molecule has 2 atom stereocenters. The van der Waals surface area contributed by atoms with Crippen molar-refractivity contribution in [2.75, 3.05) is 20.3 Å². The lowest BCUT2D eigenvalue weighted by molar-refractivity contribution is 0.204. The van der Waals surface area contributed by atoms with E-state index in [1.54, 1.807) is 0 Å². The molecule has 1 fully saturated rings. The number of hydrogen-bond donors (Lipinski definition) is 3. The summed E-state index contributed by atoms with van der Waals surface area (Å²) in [5.74, 6) is 0. The molecule has 1 saturated carbocycles. The van der Waals surface area contributed by atoms with E-state index in [1.165, 1.54) is 7.11 Å². The predicted molar refractivity (Wildman–Crippen MR) is 62.2 cm³/mol. The largest absolute Gasteiger partial charge is 0.383 e. The Balaban J connectivity index is 2.38. The Morgan fingerprint density at radius 1 is 1.38 bits per heavy atom. The zero-order chi connectivity index (χ0) is 12.0. The van der Waals surface area contributed by atoms with Gasteiger partial charge in [-0.1, -0.05) is 12.8 Å². The van der Waals surface area contributed by atoms with Crippen LogP contribution in [0.25, 0.3) is 0 Å². The summed E-state index contributed by atoms with van der Waals surface area (Å²) >= 11 is 0. The third-order valence-corrected chi connectivity index (χ3v) is 3.92. The molecule has 0 spiro atoms. The van der Waals surface area contributed by atoms with Crippen LogP contribution in [0.3, 0.4) is 0 Å². The van der Waals surface area contributed by atoms with Gasteiger partial charge in [-0.2, -0.15) is 17.9 Å². The average Bonchev–Trinajstić information content (AvgIpc) is 2.21. The molecule has 1 aliphatic carbocycles. The van der Waals surface area contributed by atoms with E-state index >= 15 is 0 Å². The van der Waals surface area contributed by atoms with Gasteiger partial charge in [0, 0.05) is 25.7 Å². The first kappa shape index (κ1) is 13.9. The summed E-state index contributed by atoms with van der Waals surface area (Å²) < 4.78 is 32.9. The Hall–Kier alpha value is -0.210. The van der Waals surface area contributed by atoms with Gasteiger partial charge >= 0.3 is 0 Å². The van der Waals surface area contributed by atoms with Crippen LogP contribution in [-0.2, 0) is 14.9 Å². The van der Waals surface area contributed by atoms with Crippen molar-refractivity contribution in [3.05, 3.63) is 0 Å². The van der Waals surface area contributed by atoms with E-state index in [0.29, 0.717) is 6.61 Å². The van der Waals surface area contributed by atoms with E-state index in [2.05, 4.69) is 9.44 Å². The molecule has 0 aromatic heterocycles. The van der Waals surface area contributed by atoms with Crippen molar-refractivity contribution in [3.8, 4) is 0 Å². The van der Waals surface area contributed by atoms with Crippen molar-refractivity contribution in [2.45, 2.75) is 37.8 Å². The van der Waals surface area contributed by atoms with Gasteiger partial charge in [0.05, 0.1) is 6.61 Å². The highest BCUT2D eigenvalue weighted by Gasteiger charge is 2.25. The molecule has 1 rings (SSSR count). The van der Waals surface area contributed by atoms with Crippen LogP contribution in [0.2, 0.25) is 0 Å². The van der Waals surface area contributed by atoms with Gasteiger partial charge in [-0.25, -0.2) is 0 Å². The van der Waals surface area contributed by atoms with Crippen molar-refractivity contribution in [3.63, 3.8) is 0 Å². The first-order valence-corrected chi connectivity index (χ1v) is 7.05. The molecule has 0 heterocycles. The van der Waals surface area contributed by atoms with Gasteiger partial charge in [-0.15, -0.1) is 0 Å². The van der Waals surface area contributed by atoms with Gasteiger partial charge in [0.2, 0.25) is 0 Å². The van der Waals surface area contributed by atoms with E-state index in [0.717, 1.165) is 25.7 Å². The molecule has 0 aromatic rings. The summed E-state index contributed by atoms with van der Waals surface area (Å²) in [7, 11) is -1.92. The molecule has 0 amide bonds. The van der Waals surface area contributed by atoms with Gasteiger partial charge < -0.3 is 10.5 Å². The highest BCUT2D eigenvalue weighted by molar-refractivity contribution is 7.87. The molecular formula is C9H21N3O3S. The molecule has 0 bridgehead atoms. The van der Waals surface area contributed by atoms with Crippen molar-refractivity contribution in [1.29, 1.82) is 0 Å². The summed E-state index contributed by atoms with van der Waals surface area (Å²) in [6, 6.07) is -0.221. The highest BCUT2D eigenvalue weighted by Crippen LogP contribution is 2.17. The summed E-state index contributed by atoms with van der Waals surface area (Å²) in [5, 5.41) is 0. The topological polar surface area (TPSA) is 93.4 Å². The first-order chi connectivity index (χ1) is 7.55. The van der Waals surface area contributed by atoms with Gasteiger partial charge in [0.1, 0.15) is 0 Å². The van der Waals surface area contributed by atoms with E-state index < -0.39 is 10.2 Å². The number of nitrogens with one attached hydrogen (secondary N) is 2. The summed E-state index contributed by atoms with van der Waals surface area (Å²) in [5.41, 5.74) is 5.86. The van der Waals surface area contributed by atoms with Crippen LogP contribution in [0.15, 0.2) is 0 Å². The van der Waals surface area contributed by atoms with E-state index in [9.17, 15) is 8.42 Å². The molecule has 0 aromatic carbocycles. The Morgan fingerprint density at radius 3 is 2.69 bits per heavy atom. The molecule has 16 heavy (non-hydrogen) atoms. The Morgan fingerprint density at radius 2 is 2.06 bits per heavy atom. The molecule has 0 saturated heterocycles. The average molecular weight is 251 g/mol. The second-order valence-electron chi connectivity index (χ2n) is 4.06. The normalized spacial score (nSPS) is 26.9. The number of rotatable bonds is 6. The van der Waals surface area contributed by atoms with E-state index in [1.807, 2.05) is 0 Å². The van der Waals surface area contributed by atoms with Gasteiger partial charge in [-0.05, 0) is 12.8 Å². The van der Waals surface area contributed by atoms with Crippen LogP contribution in [0.5, 0.6) is 0 Å². The van der Waals surface area contributed by atoms with Crippen LogP contribution in [0, 0.1) is 0 Å². The third-order valence-electron chi connectivity index (χ3n) is 2.72. The van der Waals surface area contributed by atoms with E-state index in [-0.39, 0.29) is 18.6 Å². The summed E-state index contributed by atoms with van der Waals surface area (Å²) in [6.45, 7) is 0.630. The van der Waals surface area contributed by atoms with Crippen LogP contribution in [0.4, 0.5) is 0 Å².